The maximum Gasteiger partial charge on any atom is 0.406 e. The fourth-order valence-electron chi connectivity index (χ4n) is 3.52. The van der Waals surface area contributed by atoms with Gasteiger partial charge in [-0.25, -0.2) is 9.97 Å². The molecule has 0 saturated heterocycles. The van der Waals surface area contributed by atoms with Crippen molar-refractivity contribution in [1.29, 1.82) is 0 Å². The molecular weight excluding hydrogens is 487 g/mol. The molecule has 184 valence electrons. The minimum absolute atomic E-state index is 0.0469. The number of carbonyl (C=O) groups excluding carboxylic acids is 2. The van der Waals surface area contributed by atoms with Crippen molar-refractivity contribution in [1.82, 2.24) is 20.3 Å². The van der Waals surface area contributed by atoms with Gasteiger partial charge in [0.05, 0.1) is 24.0 Å². The zero-order chi connectivity index (χ0) is 25.5. The normalized spacial score (nSPS) is 13.2. The van der Waals surface area contributed by atoms with Crippen molar-refractivity contribution in [3.8, 4) is 5.75 Å². The molecule has 0 unspecified atom stereocenters. The number of rotatable bonds is 5. The molecule has 3 heterocycles. The highest BCUT2D eigenvalue weighted by molar-refractivity contribution is 7.16. The molecule has 10 nitrogen and oxygen atoms in total. The molecule has 0 saturated carbocycles. The Balaban J connectivity index is 1.78. The number of amides is 2. The number of carbonyl (C=O) groups is 2. The lowest BCUT2D eigenvalue weighted by Crippen LogP contribution is -2.39. The van der Waals surface area contributed by atoms with Gasteiger partial charge in [-0.3, -0.25) is 14.5 Å². The quantitative estimate of drug-likeness (QED) is 0.538. The molecule has 0 radical (unpaired) electrons. The maximum atomic E-state index is 13.4. The van der Waals surface area contributed by atoms with E-state index >= 15 is 0 Å². The summed E-state index contributed by atoms with van der Waals surface area (Å²) in [6.45, 7) is 0.144. The van der Waals surface area contributed by atoms with Crippen LogP contribution in [0.4, 0.5) is 41.3 Å². The summed E-state index contributed by atoms with van der Waals surface area (Å²) in [5.41, 5.74) is 0.601. The summed E-state index contributed by atoms with van der Waals surface area (Å²) in [5, 5.41) is 6.38. The summed E-state index contributed by atoms with van der Waals surface area (Å²) in [6, 6.07) is 4.68. The fourth-order valence-corrected chi connectivity index (χ4v) is 4.39. The van der Waals surface area contributed by atoms with Crippen LogP contribution < -0.4 is 25.2 Å². The highest BCUT2D eigenvalue weighted by Gasteiger charge is 2.40. The summed E-state index contributed by atoms with van der Waals surface area (Å²) in [7, 11) is 4.52. The molecule has 2 aromatic heterocycles. The lowest BCUT2D eigenvalue weighted by atomic mass is 10.1. The Labute approximate surface area is 201 Å². The Kier molecular flexibility index (Phi) is 6.23. The van der Waals surface area contributed by atoms with Crippen molar-refractivity contribution >= 4 is 51.3 Å². The number of hydrogen-bond acceptors (Lipinski definition) is 9. The molecule has 0 atom stereocenters. The van der Waals surface area contributed by atoms with E-state index in [4.69, 9.17) is 4.74 Å². The molecule has 14 heteroatoms. The number of methoxy groups -OCH3 is 1. The van der Waals surface area contributed by atoms with Crippen molar-refractivity contribution < 1.29 is 27.5 Å². The number of benzene rings is 1. The van der Waals surface area contributed by atoms with Gasteiger partial charge in [-0.2, -0.15) is 18.2 Å². The minimum Gasteiger partial charge on any atom is -0.495 e. The van der Waals surface area contributed by atoms with Crippen LogP contribution in [0.1, 0.15) is 25.9 Å². The number of nitrogens with zero attached hydrogens (tertiary/aromatic N) is 5. The van der Waals surface area contributed by atoms with Crippen LogP contribution >= 0.6 is 11.3 Å². The van der Waals surface area contributed by atoms with Crippen molar-refractivity contribution in [3.63, 3.8) is 0 Å². The summed E-state index contributed by atoms with van der Waals surface area (Å²) in [5.74, 6) is -0.729. The zero-order valence-corrected chi connectivity index (χ0v) is 19.8. The molecule has 0 fully saturated rings. The second-order valence-corrected chi connectivity index (χ2v) is 8.66. The van der Waals surface area contributed by atoms with Crippen LogP contribution in [0.25, 0.3) is 0 Å². The van der Waals surface area contributed by atoms with E-state index in [9.17, 15) is 22.8 Å². The number of ether oxygens (including phenoxy) is 1. The van der Waals surface area contributed by atoms with Gasteiger partial charge in [0, 0.05) is 19.7 Å². The average molecular weight is 507 g/mol. The number of nitrogens with one attached hydrogen (secondary N) is 2. The molecule has 2 amide bonds. The lowest BCUT2D eigenvalue weighted by Gasteiger charge is -2.24. The number of aryl methyl sites for hydroxylation is 1. The third-order valence-corrected chi connectivity index (χ3v) is 6.15. The molecule has 4 rings (SSSR count). The Morgan fingerprint density at radius 3 is 2.66 bits per heavy atom. The summed E-state index contributed by atoms with van der Waals surface area (Å²) >= 11 is 1.17. The van der Waals surface area contributed by atoms with Gasteiger partial charge in [-0.15, -0.1) is 11.3 Å². The molecule has 1 aliphatic rings. The number of alkyl halides is 3. The molecular formula is C21H20F3N7O3S. The fraction of sp³-hybridized carbons (Fsp3) is 0.286. The van der Waals surface area contributed by atoms with Gasteiger partial charge in [0.2, 0.25) is 5.95 Å². The van der Waals surface area contributed by atoms with Gasteiger partial charge in [0.25, 0.3) is 11.8 Å². The standard InChI is InChI=1S/C21H20F3N7O3S/c1-10-27-15-18(33)31(9-21(22,23)24)13-8-26-20(29-16(13)30(3)19(15)35-10)28-12-6-5-11(17(32)25-2)7-14(12)34-4/h5-8H,9H2,1-4H3,(H,25,32)(H,26,28,29). The molecule has 35 heavy (non-hydrogen) atoms. The smallest absolute Gasteiger partial charge is 0.406 e. The van der Waals surface area contributed by atoms with Crippen LogP contribution in [0.5, 0.6) is 5.75 Å². The minimum atomic E-state index is -4.65. The SMILES string of the molecule is CNC(=O)c1ccc(Nc2ncc3c(n2)N(C)c2sc(C)nc2C(=O)N3CC(F)(F)F)c(OC)c1. The third-order valence-electron chi connectivity index (χ3n) is 5.10. The third kappa shape index (κ3) is 4.69. The van der Waals surface area contributed by atoms with Gasteiger partial charge in [-0.05, 0) is 25.1 Å². The first-order chi connectivity index (χ1) is 16.5. The van der Waals surface area contributed by atoms with Crippen LogP contribution in [0.2, 0.25) is 0 Å². The van der Waals surface area contributed by atoms with E-state index in [2.05, 4.69) is 25.6 Å². The number of anilines is 5. The van der Waals surface area contributed by atoms with Gasteiger partial charge < -0.3 is 20.3 Å². The molecule has 3 aromatic rings. The van der Waals surface area contributed by atoms with E-state index in [1.807, 2.05) is 0 Å². The van der Waals surface area contributed by atoms with Crippen molar-refractivity contribution in [3.05, 3.63) is 40.7 Å². The first-order valence-electron chi connectivity index (χ1n) is 10.2. The van der Waals surface area contributed by atoms with Gasteiger partial charge in [-0.1, -0.05) is 0 Å². The number of fused-ring (bicyclic) bond motifs is 2. The summed E-state index contributed by atoms with van der Waals surface area (Å²) < 4.78 is 45.4. The monoisotopic (exact) mass is 507 g/mol. The van der Waals surface area contributed by atoms with Crippen LogP contribution in [0.3, 0.4) is 0 Å². The zero-order valence-electron chi connectivity index (χ0n) is 19.0. The number of thiazole rings is 1. The highest BCUT2D eigenvalue weighted by Crippen LogP contribution is 2.42. The topological polar surface area (TPSA) is 113 Å². The maximum absolute atomic E-state index is 13.4. The predicted octanol–water partition coefficient (Wildman–Crippen LogP) is 3.64. The molecule has 0 bridgehead atoms. The summed E-state index contributed by atoms with van der Waals surface area (Å²) in [6.07, 6.45) is -3.50. The Bertz CT molecular complexity index is 1310. The number of aromatic nitrogens is 3. The summed E-state index contributed by atoms with van der Waals surface area (Å²) in [4.78, 5) is 39.7. The van der Waals surface area contributed by atoms with Gasteiger partial charge in [0.15, 0.2) is 11.5 Å². The van der Waals surface area contributed by atoms with E-state index in [1.165, 1.54) is 36.5 Å². The first-order valence-corrected chi connectivity index (χ1v) is 11.0. The highest BCUT2D eigenvalue weighted by atomic mass is 32.1. The molecule has 0 aliphatic carbocycles. The van der Waals surface area contributed by atoms with Crippen LogP contribution in [-0.2, 0) is 0 Å². The second-order valence-electron chi connectivity index (χ2n) is 7.47. The lowest BCUT2D eigenvalue weighted by molar-refractivity contribution is -0.118. The van der Waals surface area contributed by atoms with Crippen molar-refractivity contribution in [2.75, 3.05) is 42.9 Å². The predicted molar refractivity (Wildman–Crippen MR) is 124 cm³/mol. The van der Waals surface area contributed by atoms with Crippen molar-refractivity contribution in [2.45, 2.75) is 13.1 Å². The van der Waals surface area contributed by atoms with Crippen LogP contribution in [0, 0.1) is 6.92 Å². The molecule has 1 aromatic carbocycles. The van der Waals surface area contributed by atoms with Crippen LogP contribution in [0.15, 0.2) is 24.4 Å². The van der Waals surface area contributed by atoms with Crippen LogP contribution in [-0.4, -0.2) is 60.7 Å². The van der Waals surface area contributed by atoms with E-state index in [0.717, 1.165) is 6.20 Å². The van der Waals surface area contributed by atoms with E-state index < -0.39 is 18.6 Å². The number of hydrogen-bond donors (Lipinski definition) is 2. The Morgan fingerprint density at radius 1 is 1.26 bits per heavy atom. The largest absolute Gasteiger partial charge is 0.495 e. The second kappa shape index (κ2) is 9.02. The Morgan fingerprint density at radius 2 is 2.00 bits per heavy atom. The Hall–Kier alpha value is -3.94. The first kappa shape index (κ1) is 24.2. The van der Waals surface area contributed by atoms with Gasteiger partial charge in [0.1, 0.15) is 23.0 Å². The van der Waals surface area contributed by atoms with E-state index in [1.54, 1.807) is 26.1 Å². The average Bonchev–Trinajstić information content (AvgIpc) is 3.19. The van der Waals surface area contributed by atoms with E-state index in [0.29, 0.717) is 31.9 Å². The van der Waals surface area contributed by atoms with Crippen molar-refractivity contribution in [2.24, 2.45) is 0 Å². The molecule has 2 N–H and O–H groups in total. The molecule has 1 aliphatic heterocycles. The van der Waals surface area contributed by atoms with Gasteiger partial charge >= 0.3 is 6.18 Å². The van der Waals surface area contributed by atoms with E-state index in [-0.39, 0.29) is 29.1 Å². The molecule has 0 spiro atoms. The number of halogens is 3.